The van der Waals surface area contributed by atoms with Crippen molar-refractivity contribution in [3.05, 3.63) is 40.4 Å². The highest BCUT2D eigenvalue weighted by molar-refractivity contribution is 9.09. The molecule has 0 aliphatic heterocycles. The van der Waals surface area contributed by atoms with E-state index in [1.165, 1.54) is 12.1 Å². The van der Waals surface area contributed by atoms with E-state index >= 15 is 0 Å². The molecule has 0 aliphatic carbocycles. The Bertz CT molecular complexity index is 337. The van der Waals surface area contributed by atoms with Crippen LogP contribution in [0.25, 0.3) is 6.08 Å². The third-order valence-corrected chi connectivity index (χ3v) is 2.12. The molecule has 0 heterocycles. The van der Waals surface area contributed by atoms with Gasteiger partial charge in [-0.25, -0.2) is 8.78 Å². The maximum Gasteiger partial charge on any atom is 0.151 e. The Morgan fingerprint density at radius 2 is 2.08 bits per heavy atom. The van der Waals surface area contributed by atoms with Crippen LogP contribution in [0.5, 0.6) is 0 Å². The highest BCUT2D eigenvalue weighted by atomic mass is 79.9. The molecule has 0 amide bonds. The SMILES string of the molecule is Fc1ccc(Cl)c(F)c1C=CCBr. The van der Waals surface area contributed by atoms with Crippen LogP contribution >= 0.6 is 27.5 Å². The monoisotopic (exact) mass is 266 g/mol. The summed E-state index contributed by atoms with van der Waals surface area (Å²) in [5.41, 5.74) is -0.105. The Kier molecular flexibility index (Phi) is 3.88. The van der Waals surface area contributed by atoms with Crippen molar-refractivity contribution in [2.24, 2.45) is 0 Å². The lowest BCUT2D eigenvalue weighted by molar-refractivity contribution is 0.579. The topological polar surface area (TPSA) is 0 Å². The first-order chi connectivity index (χ1) is 6.16. The number of allylic oxidation sites excluding steroid dienone is 1. The highest BCUT2D eigenvalue weighted by Gasteiger charge is 2.08. The van der Waals surface area contributed by atoms with E-state index in [1.54, 1.807) is 6.08 Å². The third-order valence-electron chi connectivity index (χ3n) is 1.45. The summed E-state index contributed by atoms with van der Waals surface area (Å²) < 4.78 is 26.1. The third kappa shape index (κ3) is 2.51. The van der Waals surface area contributed by atoms with Crippen LogP contribution in [0.3, 0.4) is 0 Å². The molecule has 0 nitrogen and oxygen atoms in total. The summed E-state index contributed by atoms with van der Waals surface area (Å²) in [6.07, 6.45) is 2.95. The first-order valence-corrected chi connectivity index (χ1v) is 5.02. The molecule has 0 N–H and O–H groups in total. The number of rotatable bonds is 2. The Morgan fingerprint density at radius 1 is 1.38 bits per heavy atom. The van der Waals surface area contributed by atoms with E-state index < -0.39 is 11.6 Å². The fourth-order valence-corrected chi connectivity index (χ4v) is 1.21. The fourth-order valence-electron chi connectivity index (χ4n) is 0.858. The van der Waals surface area contributed by atoms with E-state index in [0.29, 0.717) is 5.33 Å². The van der Waals surface area contributed by atoms with E-state index in [2.05, 4.69) is 15.9 Å². The van der Waals surface area contributed by atoms with Crippen LogP contribution in [-0.4, -0.2) is 5.33 Å². The lowest BCUT2D eigenvalue weighted by atomic mass is 10.2. The van der Waals surface area contributed by atoms with Gasteiger partial charge in [-0.3, -0.25) is 0 Å². The second kappa shape index (κ2) is 4.72. The largest absolute Gasteiger partial charge is 0.206 e. The van der Waals surface area contributed by atoms with Gasteiger partial charge in [-0.2, -0.15) is 0 Å². The predicted octanol–water partition coefficient (Wildman–Crippen LogP) is 4.03. The first kappa shape index (κ1) is 10.7. The Hall–Kier alpha value is -0.410. The summed E-state index contributed by atoms with van der Waals surface area (Å²) in [5, 5.41) is 0.467. The van der Waals surface area contributed by atoms with Gasteiger partial charge in [0.1, 0.15) is 5.82 Å². The van der Waals surface area contributed by atoms with Gasteiger partial charge in [0.25, 0.3) is 0 Å². The molecule has 0 aliphatic rings. The Morgan fingerprint density at radius 3 is 2.69 bits per heavy atom. The second-order valence-electron chi connectivity index (χ2n) is 2.31. The molecular weight excluding hydrogens is 261 g/mol. The summed E-state index contributed by atoms with van der Waals surface area (Å²) in [5.74, 6) is -1.34. The zero-order chi connectivity index (χ0) is 9.84. The van der Waals surface area contributed by atoms with Gasteiger partial charge in [0, 0.05) is 10.9 Å². The highest BCUT2D eigenvalue weighted by Crippen LogP contribution is 2.22. The predicted molar refractivity (Wildman–Crippen MR) is 54.2 cm³/mol. The van der Waals surface area contributed by atoms with Gasteiger partial charge in [0.15, 0.2) is 5.82 Å². The second-order valence-corrected chi connectivity index (χ2v) is 3.37. The van der Waals surface area contributed by atoms with E-state index in [4.69, 9.17) is 11.6 Å². The average molecular weight is 268 g/mol. The Balaban J connectivity index is 3.17. The maximum atomic E-state index is 13.1. The molecule has 4 heteroatoms. The molecule has 0 atom stereocenters. The van der Waals surface area contributed by atoms with Gasteiger partial charge in [-0.15, -0.1) is 0 Å². The molecule has 0 fully saturated rings. The van der Waals surface area contributed by atoms with Gasteiger partial charge >= 0.3 is 0 Å². The van der Waals surface area contributed by atoms with Crippen molar-refractivity contribution in [3.63, 3.8) is 0 Å². The normalized spacial score (nSPS) is 11.1. The van der Waals surface area contributed by atoms with Gasteiger partial charge in [-0.05, 0) is 12.1 Å². The summed E-state index contributed by atoms with van der Waals surface area (Å²) in [4.78, 5) is 0. The number of halogens is 4. The molecule has 0 saturated heterocycles. The van der Waals surface area contributed by atoms with Gasteiger partial charge in [0.2, 0.25) is 0 Å². The van der Waals surface area contributed by atoms with Crippen molar-refractivity contribution in [2.75, 3.05) is 5.33 Å². The molecule has 0 spiro atoms. The Labute approximate surface area is 88.3 Å². The molecule has 13 heavy (non-hydrogen) atoms. The van der Waals surface area contributed by atoms with Crippen LogP contribution in [0.2, 0.25) is 5.02 Å². The van der Waals surface area contributed by atoms with Crippen molar-refractivity contribution < 1.29 is 8.78 Å². The van der Waals surface area contributed by atoms with Crippen LogP contribution in [0.1, 0.15) is 5.56 Å². The van der Waals surface area contributed by atoms with E-state index in [9.17, 15) is 8.78 Å². The maximum absolute atomic E-state index is 13.1. The zero-order valence-corrected chi connectivity index (χ0v) is 8.87. The average Bonchev–Trinajstić information content (AvgIpc) is 2.12. The lowest BCUT2D eigenvalue weighted by Crippen LogP contribution is -1.89. The lowest BCUT2D eigenvalue weighted by Gasteiger charge is -2.00. The quantitative estimate of drug-likeness (QED) is 0.561. The molecule has 0 unspecified atom stereocenters. The van der Waals surface area contributed by atoms with Crippen LogP contribution in [0.15, 0.2) is 18.2 Å². The number of benzene rings is 1. The van der Waals surface area contributed by atoms with Crippen LogP contribution in [0.4, 0.5) is 8.78 Å². The minimum absolute atomic E-state index is 0.0735. The van der Waals surface area contributed by atoms with Gasteiger partial charge < -0.3 is 0 Å². The summed E-state index contributed by atoms with van der Waals surface area (Å²) in [6, 6.07) is 2.33. The molecule has 0 radical (unpaired) electrons. The van der Waals surface area contributed by atoms with Crippen LogP contribution in [-0.2, 0) is 0 Å². The minimum Gasteiger partial charge on any atom is -0.206 e. The summed E-state index contributed by atoms with van der Waals surface area (Å²) in [7, 11) is 0. The summed E-state index contributed by atoms with van der Waals surface area (Å²) >= 11 is 8.59. The summed E-state index contributed by atoms with van der Waals surface area (Å²) in [6.45, 7) is 0. The zero-order valence-electron chi connectivity index (χ0n) is 6.53. The molecule has 1 aromatic rings. The number of alkyl halides is 1. The van der Waals surface area contributed by atoms with Crippen molar-refractivity contribution in [1.82, 2.24) is 0 Å². The molecule has 1 aromatic carbocycles. The van der Waals surface area contributed by atoms with Crippen molar-refractivity contribution in [2.45, 2.75) is 0 Å². The van der Waals surface area contributed by atoms with Gasteiger partial charge in [0.05, 0.1) is 5.02 Å². The van der Waals surface area contributed by atoms with Crippen molar-refractivity contribution in [3.8, 4) is 0 Å². The van der Waals surface area contributed by atoms with Gasteiger partial charge in [-0.1, -0.05) is 39.7 Å². The van der Waals surface area contributed by atoms with E-state index in [1.807, 2.05) is 0 Å². The molecule has 0 aromatic heterocycles. The van der Waals surface area contributed by atoms with E-state index in [-0.39, 0.29) is 10.6 Å². The molecule has 1 rings (SSSR count). The first-order valence-electron chi connectivity index (χ1n) is 3.53. The molecule has 0 saturated carbocycles. The fraction of sp³-hybridized carbons (Fsp3) is 0.111. The van der Waals surface area contributed by atoms with Crippen molar-refractivity contribution in [1.29, 1.82) is 0 Å². The van der Waals surface area contributed by atoms with E-state index in [0.717, 1.165) is 6.07 Å². The molecular formula is C9H6BrClF2. The van der Waals surface area contributed by atoms with Crippen molar-refractivity contribution >= 4 is 33.6 Å². The standard InChI is InChI=1S/C9H6BrClF2/c10-5-1-2-6-8(12)4-3-7(11)9(6)13/h1-4H,5H2. The number of hydrogen-bond donors (Lipinski definition) is 0. The number of hydrogen-bond acceptors (Lipinski definition) is 0. The van der Waals surface area contributed by atoms with Crippen LogP contribution in [0, 0.1) is 11.6 Å². The smallest absolute Gasteiger partial charge is 0.151 e. The molecule has 0 bridgehead atoms. The van der Waals surface area contributed by atoms with Crippen LogP contribution < -0.4 is 0 Å². The molecule has 70 valence electrons. The minimum atomic E-state index is -0.723.